The number of fused-ring (bicyclic) bond motifs is 4. The molecule has 19 heteroatoms. The Balaban J connectivity index is 0.696. The highest BCUT2D eigenvalue weighted by Gasteiger charge is 2.44. The monoisotopic (exact) mass is 1050 g/mol. The first kappa shape index (κ1) is 51.4. The molecule has 2 aromatic carbocycles. The van der Waals surface area contributed by atoms with Gasteiger partial charge in [0.1, 0.15) is 35.6 Å². The Hall–Kier alpha value is -6.67. The average molecular weight is 1050 g/mol. The Morgan fingerprint density at radius 1 is 0.974 bits per heavy atom. The van der Waals surface area contributed by atoms with E-state index in [-0.39, 0.29) is 59.9 Å². The lowest BCUT2D eigenvalue weighted by atomic mass is 9.91. The van der Waals surface area contributed by atoms with E-state index >= 15 is 4.39 Å². The van der Waals surface area contributed by atoms with Crippen LogP contribution in [0.15, 0.2) is 77.2 Å². The molecule has 9 heterocycles. The second-order valence-corrected chi connectivity index (χ2v) is 22.2. The predicted molar refractivity (Wildman–Crippen MR) is 289 cm³/mol. The highest BCUT2D eigenvalue weighted by atomic mass is 32.1. The SMILES string of the molecule is CCc1cccc2cncc(-c3ncc4c(N5CC6CCC(C5)N6)nc(OCCN5CCC(COc6cc([C@H](C(=O)N7C[C@H](O)C[C@H]7C(=O)N[C@@H](C)c7ccc(-c8scnc8C)cc7)C(C)C)on6)CC5)nc4c3F)c12. The summed E-state index contributed by atoms with van der Waals surface area (Å²) in [6.45, 7) is 14.4. The van der Waals surface area contributed by atoms with E-state index in [1.807, 2.05) is 69.6 Å². The van der Waals surface area contributed by atoms with Gasteiger partial charge in [-0.1, -0.05) is 63.2 Å². The molecule has 4 fully saturated rings. The molecule has 0 radical (unpaired) electrons. The van der Waals surface area contributed by atoms with E-state index in [9.17, 15) is 14.7 Å². The van der Waals surface area contributed by atoms with Crippen LogP contribution < -0.4 is 25.0 Å². The molecule has 17 nitrogen and oxygen atoms in total. The number of β-amino-alcohol motifs (C(OH)–C–C–N with tert-alkyl or cyclic N) is 1. The summed E-state index contributed by atoms with van der Waals surface area (Å²) < 4.78 is 35.3. The van der Waals surface area contributed by atoms with Crippen molar-refractivity contribution in [3.63, 3.8) is 0 Å². The molecule has 11 rings (SSSR count). The highest BCUT2D eigenvalue weighted by Crippen LogP contribution is 2.38. The fourth-order valence-corrected chi connectivity index (χ4v) is 12.5. The Kier molecular flexibility index (Phi) is 15.0. The Morgan fingerprint density at radius 2 is 1.76 bits per heavy atom. The lowest BCUT2D eigenvalue weighted by Gasteiger charge is -2.34. The zero-order chi connectivity index (χ0) is 52.6. The fourth-order valence-electron chi connectivity index (χ4n) is 11.7. The van der Waals surface area contributed by atoms with Gasteiger partial charge < -0.3 is 39.5 Å². The molecule has 0 aliphatic carbocycles. The van der Waals surface area contributed by atoms with Gasteiger partial charge in [0, 0.05) is 80.3 Å². The van der Waals surface area contributed by atoms with Gasteiger partial charge in [0.05, 0.1) is 40.2 Å². The van der Waals surface area contributed by atoms with Gasteiger partial charge in [-0.3, -0.25) is 24.5 Å². The number of likely N-dealkylation sites (tertiary alicyclic amines) is 2. The van der Waals surface area contributed by atoms with Crippen molar-refractivity contribution in [1.29, 1.82) is 0 Å². The van der Waals surface area contributed by atoms with E-state index in [1.54, 1.807) is 36.0 Å². The number of anilines is 1. The first-order valence-electron chi connectivity index (χ1n) is 26.9. The smallest absolute Gasteiger partial charge is 0.319 e. The van der Waals surface area contributed by atoms with Crippen LogP contribution in [0.5, 0.6) is 11.9 Å². The zero-order valence-electron chi connectivity index (χ0n) is 43.7. The molecule has 2 unspecified atom stereocenters. The van der Waals surface area contributed by atoms with Gasteiger partial charge in [-0.15, -0.1) is 11.3 Å². The van der Waals surface area contributed by atoms with E-state index in [1.165, 1.54) is 4.90 Å². The van der Waals surface area contributed by atoms with E-state index in [0.717, 1.165) is 96.3 Å². The molecule has 6 atom stereocenters. The summed E-state index contributed by atoms with van der Waals surface area (Å²) in [5.41, 5.74) is 6.90. The van der Waals surface area contributed by atoms with Crippen molar-refractivity contribution >= 4 is 50.6 Å². The van der Waals surface area contributed by atoms with E-state index in [2.05, 4.69) is 48.5 Å². The van der Waals surface area contributed by atoms with Crippen molar-refractivity contribution in [2.24, 2.45) is 11.8 Å². The number of piperazine rings is 1. The number of carbonyl (C=O) groups is 2. The number of nitrogens with one attached hydrogen (secondary N) is 2. The summed E-state index contributed by atoms with van der Waals surface area (Å²) in [7, 11) is 0. The Labute approximate surface area is 445 Å². The van der Waals surface area contributed by atoms with Crippen LogP contribution in [-0.2, 0) is 16.0 Å². The van der Waals surface area contributed by atoms with Crippen LogP contribution in [0.2, 0.25) is 0 Å². The van der Waals surface area contributed by atoms with Gasteiger partial charge >= 0.3 is 6.01 Å². The van der Waals surface area contributed by atoms with Crippen molar-refractivity contribution in [2.45, 2.75) is 109 Å². The van der Waals surface area contributed by atoms with E-state index < -0.39 is 23.9 Å². The molecule has 0 saturated carbocycles. The summed E-state index contributed by atoms with van der Waals surface area (Å²) in [6.07, 6.45) is 9.24. The van der Waals surface area contributed by atoms with Crippen molar-refractivity contribution in [3.05, 3.63) is 101 Å². The standard InChI is InChI=1S/C57H66FN11O6S/c1-6-36-8-7-9-39-24-59-25-43(49(36)39)51-50(58)52-44(26-60-51)54(68-27-40-14-15-41(28-68)63-40)65-57(64-52)73-21-20-67-18-16-35(17-19-67)30-74-47-23-46(75-66-47)48(32(2)3)56(72)69-29-42(70)22-45(69)55(71)62-33(4)37-10-12-38(13-11-37)53-34(5)61-31-76-53/h7-13,23-26,31-33,35,40-42,45,48,63,70H,6,14-22,27-30H2,1-5H3,(H,62,71)/t33-,40?,41?,42+,45-,48+/m0/s1. The van der Waals surface area contributed by atoms with Gasteiger partial charge in [-0.2, -0.15) is 9.97 Å². The van der Waals surface area contributed by atoms with Gasteiger partial charge in [0.2, 0.25) is 11.8 Å². The third-order valence-corrected chi connectivity index (χ3v) is 16.8. The van der Waals surface area contributed by atoms with Crippen LogP contribution in [0.4, 0.5) is 10.2 Å². The number of carbonyl (C=O) groups excluding carboxylic acids is 2. The number of amides is 2. The average Bonchev–Trinajstić information content (AvgIpc) is 4.25. The lowest BCUT2D eigenvalue weighted by Crippen LogP contribution is -2.51. The van der Waals surface area contributed by atoms with Gasteiger partial charge in [0.15, 0.2) is 11.6 Å². The number of pyridine rings is 2. The summed E-state index contributed by atoms with van der Waals surface area (Å²) in [5.74, 6) is -0.526. The number of aliphatic hydroxyl groups excluding tert-OH is 1. The molecule has 4 aliphatic rings. The first-order valence-corrected chi connectivity index (χ1v) is 27.7. The lowest BCUT2D eigenvalue weighted by molar-refractivity contribution is -0.141. The molecule has 0 spiro atoms. The number of aryl methyl sites for hydroxylation is 2. The molecular formula is C57H66FN11O6S. The zero-order valence-corrected chi connectivity index (χ0v) is 44.6. The third kappa shape index (κ3) is 10.6. The Bertz CT molecular complexity index is 3200. The number of halogens is 1. The topological polar surface area (TPSA) is 197 Å². The largest absolute Gasteiger partial charge is 0.475 e. The summed E-state index contributed by atoms with van der Waals surface area (Å²) in [6, 6.07) is 15.4. The number of aromatic nitrogens is 6. The molecule has 2 amide bonds. The maximum atomic E-state index is 17.0. The first-order chi connectivity index (χ1) is 36.9. The van der Waals surface area contributed by atoms with Crippen LogP contribution in [0.1, 0.15) is 94.3 Å². The Morgan fingerprint density at radius 3 is 2.50 bits per heavy atom. The van der Waals surface area contributed by atoms with Gasteiger partial charge in [0.25, 0.3) is 5.88 Å². The summed E-state index contributed by atoms with van der Waals surface area (Å²) in [5, 5.41) is 24.2. The number of hydrogen-bond donors (Lipinski definition) is 3. The van der Waals surface area contributed by atoms with Gasteiger partial charge in [-0.05, 0) is 98.1 Å². The molecule has 4 aliphatic heterocycles. The normalized spacial score (nSPS) is 20.9. The minimum Gasteiger partial charge on any atom is -0.475 e. The van der Waals surface area contributed by atoms with Crippen LogP contribution in [0, 0.1) is 24.6 Å². The number of thiazole rings is 1. The maximum absolute atomic E-state index is 17.0. The van der Waals surface area contributed by atoms with Crippen LogP contribution in [0.25, 0.3) is 43.4 Å². The highest BCUT2D eigenvalue weighted by molar-refractivity contribution is 7.13. The molecule has 76 heavy (non-hydrogen) atoms. The number of aliphatic hydroxyl groups is 1. The van der Waals surface area contributed by atoms with Gasteiger partial charge in [-0.25, -0.2) is 9.37 Å². The van der Waals surface area contributed by atoms with E-state index in [0.29, 0.717) is 60.2 Å². The third-order valence-electron chi connectivity index (χ3n) is 15.9. The number of nitrogens with zero attached hydrogens (tertiary/aromatic N) is 9. The second-order valence-electron chi connectivity index (χ2n) is 21.4. The summed E-state index contributed by atoms with van der Waals surface area (Å²) >= 11 is 1.59. The minimum atomic E-state index is -0.844. The van der Waals surface area contributed by atoms with Crippen molar-refractivity contribution in [1.82, 2.24) is 50.5 Å². The van der Waals surface area contributed by atoms with Crippen molar-refractivity contribution in [2.75, 3.05) is 57.4 Å². The predicted octanol–water partition coefficient (Wildman–Crippen LogP) is 8.05. The number of rotatable bonds is 17. The summed E-state index contributed by atoms with van der Waals surface area (Å²) in [4.78, 5) is 58.5. The van der Waals surface area contributed by atoms with Crippen LogP contribution in [-0.4, -0.2) is 134 Å². The van der Waals surface area contributed by atoms with Crippen LogP contribution in [0.3, 0.4) is 0 Å². The molecule has 7 aromatic rings. The van der Waals surface area contributed by atoms with Crippen molar-refractivity contribution in [3.8, 4) is 33.6 Å². The molecule has 3 N–H and O–H groups in total. The van der Waals surface area contributed by atoms with E-state index in [4.69, 9.17) is 28.9 Å². The molecular weight excluding hydrogens is 986 g/mol. The quantitative estimate of drug-likeness (QED) is 0.0792. The molecule has 2 bridgehead atoms. The number of benzene rings is 2. The maximum Gasteiger partial charge on any atom is 0.319 e. The fraction of sp³-hybridized carbons (Fsp3) is 0.474. The number of hydrogen-bond acceptors (Lipinski definition) is 16. The van der Waals surface area contributed by atoms with Crippen LogP contribution >= 0.6 is 11.3 Å². The molecule has 5 aromatic heterocycles. The minimum absolute atomic E-state index is 0.0410. The molecule has 4 saturated heterocycles. The van der Waals surface area contributed by atoms with Crippen molar-refractivity contribution < 1.29 is 33.1 Å². The molecule has 398 valence electrons. The second kappa shape index (κ2) is 22.1. The number of ether oxygens (including phenoxy) is 2. The number of piperidine rings is 1.